The van der Waals surface area contributed by atoms with Crippen molar-refractivity contribution in [1.29, 1.82) is 0 Å². The molecule has 0 aliphatic rings. The molecular formula is C14H24BrN3O2S. The van der Waals surface area contributed by atoms with Crippen LogP contribution in [0.15, 0.2) is 27.6 Å². The van der Waals surface area contributed by atoms with Gasteiger partial charge in [-0.15, -0.1) is 0 Å². The van der Waals surface area contributed by atoms with E-state index in [0.717, 1.165) is 18.5 Å². The van der Waals surface area contributed by atoms with Crippen LogP contribution >= 0.6 is 15.9 Å². The summed E-state index contributed by atoms with van der Waals surface area (Å²) in [6, 6.07) is 5.42. The Morgan fingerprint density at radius 2 is 1.95 bits per heavy atom. The highest BCUT2D eigenvalue weighted by atomic mass is 79.9. The van der Waals surface area contributed by atoms with Crippen molar-refractivity contribution in [2.75, 3.05) is 33.7 Å². The molecule has 2 N–H and O–H groups in total. The summed E-state index contributed by atoms with van der Waals surface area (Å²) in [5.74, 6) is 0. The van der Waals surface area contributed by atoms with Crippen LogP contribution in [0.1, 0.15) is 18.9 Å². The maximum Gasteiger partial charge on any atom is 0.241 e. The minimum absolute atomic E-state index is 0.289. The Hall–Kier alpha value is -0.470. The number of halogens is 1. The standard InChI is InChI=1S/C14H24BrN3O2S/c1-4-7-16-11-12-5-6-13(15)14(10-12)21(19,20)17-8-9-18(2)3/h5-6,10,16-17H,4,7-9,11H2,1-3H3. The van der Waals surface area contributed by atoms with E-state index in [0.29, 0.717) is 24.1 Å². The third kappa shape index (κ3) is 6.44. The summed E-state index contributed by atoms with van der Waals surface area (Å²) in [7, 11) is 0.323. The summed E-state index contributed by atoms with van der Waals surface area (Å²) in [5.41, 5.74) is 0.958. The van der Waals surface area contributed by atoms with Crippen LogP contribution in [0.2, 0.25) is 0 Å². The van der Waals surface area contributed by atoms with Gasteiger partial charge in [0.1, 0.15) is 0 Å². The van der Waals surface area contributed by atoms with Crippen LogP contribution < -0.4 is 10.0 Å². The van der Waals surface area contributed by atoms with E-state index in [1.807, 2.05) is 25.1 Å². The molecule has 0 aliphatic carbocycles. The first-order chi connectivity index (χ1) is 9.86. The zero-order valence-corrected chi connectivity index (χ0v) is 15.2. The van der Waals surface area contributed by atoms with Crippen LogP contribution in [0, 0.1) is 0 Å². The van der Waals surface area contributed by atoms with Crippen LogP contribution in [0.3, 0.4) is 0 Å². The lowest BCUT2D eigenvalue weighted by Gasteiger charge is -2.13. The Morgan fingerprint density at radius 3 is 2.57 bits per heavy atom. The second-order valence-corrected chi connectivity index (χ2v) is 7.73. The summed E-state index contributed by atoms with van der Waals surface area (Å²) in [5, 5.41) is 3.27. The molecule has 0 fully saturated rings. The predicted octanol–water partition coefficient (Wildman–Crippen LogP) is 1.79. The molecule has 0 aromatic heterocycles. The fraction of sp³-hybridized carbons (Fsp3) is 0.571. The van der Waals surface area contributed by atoms with Gasteiger partial charge in [-0.05, 0) is 60.7 Å². The van der Waals surface area contributed by atoms with Gasteiger partial charge in [0.05, 0.1) is 4.90 Å². The van der Waals surface area contributed by atoms with Crippen molar-refractivity contribution in [3.63, 3.8) is 0 Å². The number of nitrogens with one attached hydrogen (secondary N) is 2. The van der Waals surface area contributed by atoms with Gasteiger partial charge >= 0.3 is 0 Å². The topological polar surface area (TPSA) is 61.4 Å². The number of rotatable bonds is 9. The quantitative estimate of drug-likeness (QED) is 0.644. The van der Waals surface area contributed by atoms with Gasteiger partial charge in [-0.25, -0.2) is 13.1 Å². The molecular weight excluding hydrogens is 354 g/mol. The van der Waals surface area contributed by atoms with E-state index in [-0.39, 0.29) is 4.90 Å². The lowest BCUT2D eigenvalue weighted by molar-refractivity contribution is 0.412. The monoisotopic (exact) mass is 377 g/mol. The molecule has 0 saturated carbocycles. The Labute approximate surface area is 136 Å². The van der Waals surface area contributed by atoms with Gasteiger partial charge in [0, 0.05) is 24.1 Å². The number of sulfonamides is 1. The fourth-order valence-corrected chi connectivity index (χ4v) is 3.79. The Balaban J connectivity index is 2.81. The highest BCUT2D eigenvalue weighted by Gasteiger charge is 2.17. The minimum Gasteiger partial charge on any atom is -0.313 e. The number of likely N-dealkylation sites (N-methyl/N-ethyl adjacent to an activating group) is 1. The van der Waals surface area contributed by atoms with Gasteiger partial charge in [-0.3, -0.25) is 0 Å². The van der Waals surface area contributed by atoms with E-state index in [1.165, 1.54) is 0 Å². The minimum atomic E-state index is -3.49. The van der Waals surface area contributed by atoms with Crippen molar-refractivity contribution in [3.05, 3.63) is 28.2 Å². The van der Waals surface area contributed by atoms with Crippen LogP contribution in [-0.4, -0.2) is 47.0 Å². The van der Waals surface area contributed by atoms with E-state index < -0.39 is 10.0 Å². The van der Waals surface area contributed by atoms with Crippen LogP contribution in [0.4, 0.5) is 0 Å². The normalized spacial score (nSPS) is 12.0. The van der Waals surface area contributed by atoms with E-state index >= 15 is 0 Å². The molecule has 0 heterocycles. The van der Waals surface area contributed by atoms with Crippen LogP contribution in [0.25, 0.3) is 0 Å². The van der Waals surface area contributed by atoms with E-state index in [9.17, 15) is 8.42 Å². The number of hydrogen-bond donors (Lipinski definition) is 2. The van der Waals surface area contributed by atoms with Gasteiger partial charge in [-0.1, -0.05) is 13.0 Å². The Kier molecular flexibility index (Phi) is 7.83. The summed E-state index contributed by atoms with van der Waals surface area (Å²) in [6.45, 7) is 4.73. The maximum atomic E-state index is 12.3. The molecule has 0 atom stereocenters. The van der Waals surface area contributed by atoms with Crippen molar-refractivity contribution >= 4 is 26.0 Å². The number of benzene rings is 1. The lowest BCUT2D eigenvalue weighted by Crippen LogP contribution is -2.31. The fourth-order valence-electron chi connectivity index (χ4n) is 1.75. The smallest absolute Gasteiger partial charge is 0.241 e. The largest absolute Gasteiger partial charge is 0.313 e. The van der Waals surface area contributed by atoms with Crippen molar-refractivity contribution in [3.8, 4) is 0 Å². The van der Waals surface area contributed by atoms with Crippen LogP contribution in [0.5, 0.6) is 0 Å². The lowest BCUT2D eigenvalue weighted by atomic mass is 10.2. The molecule has 0 spiro atoms. The Bertz CT molecular complexity index is 547. The first kappa shape index (κ1) is 18.6. The van der Waals surface area contributed by atoms with Gasteiger partial charge in [0.25, 0.3) is 0 Å². The summed E-state index contributed by atoms with van der Waals surface area (Å²) >= 11 is 3.32. The molecule has 1 aromatic carbocycles. The molecule has 0 saturated heterocycles. The predicted molar refractivity (Wildman–Crippen MR) is 89.9 cm³/mol. The third-order valence-corrected chi connectivity index (χ3v) is 5.35. The first-order valence-electron chi connectivity index (χ1n) is 7.00. The molecule has 0 aliphatic heterocycles. The van der Waals surface area contributed by atoms with Gasteiger partial charge in [-0.2, -0.15) is 0 Å². The van der Waals surface area contributed by atoms with Gasteiger partial charge < -0.3 is 10.2 Å². The van der Waals surface area contributed by atoms with E-state index in [4.69, 9.17) is 0 Å². The number of nitrogens with zero attached hydrogens (tertiary/aromatic N) is 1. The van der Waals surface area contributed by atoms with Gasteiger partial charge in [0.15, 0.2) is 0 Å². The molecule has 0 unspecified atom stereocenters. The highest BCUT2D eigenvalue weighted by molar-refractivity contribution is 9.10. The van der Waals surface area contributed by atoms with Crippen molar-refractivity contribution in [2.45, 2.75) is 24.8 Å². The van der Waals surface area contributed by atoms with Crippen molar-refractivity contribution < 1.29 is 8.42 Å². The maximum absolute atomic E-state index is 12.3. The summed E-state index contributed by atoms with van der Waals surface area (Å²) in [6.07, 6.45) is 1.05. The second kappa shape index (κ2) is 8.85. The summed E-state index contributed by atoms with van der Waals surface area (Å²) < 4.78 is 27.9. The van der Waals surface area contributed by atoms with E-state index in [1.54, 1.807) is 12.1 Å². The average molecular weight is 378 g/mol. The van der Waals surface area contributed by atoms with Crippen LogP contribution in [-0.2, 0) is 16.6 Å². The zero-order valence-electron chi connectivity index (χ0n) is 12.8. The first-order valence-corrected chi connectivity index (χ1v) is 9.28. The molecule has 7 heteroatoms. The summed E-state index contributed by atoms with van der Waals surface area (Å²) in [4.78, 5) is 2.22. The highest BCUT2D eigenvalue weighted by Crippen LogP contribution is 2.23. The molecule has 5 nitrogen and oxygen atoms in total. The molecule has 120 valence electrons. The molecule has 1 aromatic rings. The SMILES string of the molecule is CCCNCc1ccc(Br)c(S(=O)(=O)NCCN(C)C)c1. The van der Waals surface area contributed by atoms with Gasteiger partial charge in [0.2, 0.25) is 10.0 Å². The molecule has 0 bridgehead atoms. The zero-order chi connectivity index (χ0) is 15.9. The van der Waals surface area contributed by atoms with E-state index in [2.05, 4.69) is 32.9 Å². The third-order valence-electron chi connectivity index (χ3n) is 2.89. The molecule has 0 radical (unpaired) electrons. The van der Waals surface area contributed by atoms with Crippen molar-refractivity contribution in [2.24, 2.45) is 0 Å². The number of hydrogen-bond acceptors (Lipinski definition) is 4. The molecule has 21 heavy (non-hydrogen) atoms. The average Bonchev–Trinajstić information content (AvgIpc) is 2.40. The van der Waals surface area contributed by atoms with Crippen molar-refractivity contribution in [1.82, 2.24) is 14.9 Å². The Morgan fingerprint density at radius 1 is 1.24 bits per heavy atom. The molecule has 1 rings (SSSR count). The molecule has 0 amide bonds. The second-order valence-electron chi connectivity index (χ2n) is 5.14.